The monoisotopic (exact) mass is 1330 g/mol. The fourth-order valence-electron chi connectivity index (χ4n) is 11.2. The quantitative estimate of drug-likeness (QED) is 0.0651. The summed E-state index contributed by atoms with van der Waals surface area (Å²) in [6.07, 6.45) is -3.50. The Bertz CT molecular complexity index is 3280. The molecular weight excluding hydrogens is 1240 g/mol. The van der Waals surface area contributed by atoms with Crippen LogP contribution in [-0.4, -0.2) is 217 Å². The second-order valence-electron chi connectivity index (χ2n) is 25.8. The number of aliphatic carboxylic acids is 1. The average molecular weight is 1330 g/mol. The number of benzene rings is 4. The van der Waals surface area contributed by atoms with Gasteiger partial charge in [-0.05, 0) is 95.5 Å². The van der Waals surface area contributed by atoms with Crippen molar-refractivity contribution >= 4 is 70.6 Å². The molecule has 0 saturated carbocycles. The van der Waals surface area contributed by atoms with E-state index in [-0.39, 0.29) is 94.0 Å². The summed E-state index contributed by atoms with van der Waals surface area (Å²) in [5.41, 5.74) is 3.86. The first kappa shape index (κ1) is 75.5. The number of Topliss-reactive ketones (excluding diaryl/α,β-unsaturated/α-hetero) is 2. The van der Waals surface area contributed by atoms with Crippen molar-refractivity contribution in [3.8, 4) is 0 Å². The number of halogens is 2. The van der Waals surface area contributed by atoms with Crippen molar-refractivity contribution in [1.82, 2.24) is 30.7 Å². The normalized spacial score (nSPS) is 18.5. The number of cyclic esters (lactones) is 2. The number of hydrogen-bond acceptors (Lipinski definition) is 20. The van der Waals surface area contributed by atoms with E-state index in [0.717, 1.165) is 103 Å². The van der Waals surface area contributed by atoms with E-state index in [1.165, 1.54) is 21.9 Å². The molecule has 0 radical (unpaired) electrons. The minimum absolute atomic E-state index is 0. The third-order valence-electron chi connectivity index (χ3n) is 16.1. The molecule has 0 aromatic heterocycles. The molecule has 4 aromatic carbocycles. The van der Waals surface area contributed by atoms with Crippen LogP contribution in [0.1, 0.15) is 99.1 Å². The van der Waals surface area contributed by atoms with Crippen LogP contribution in [0.4, 0.5) is 50.7 Å². The third kappa shape index (κ3) is 23.7. The van der Waals surface area contributed by atoms with E-state index in [4.69, 9.17) is 28.4 Å². The number of ether oxygens (including phenoxy) is 6. The maximum absolute atomic E-state index is 15.3. The number of rotatable bonds is 20. The topological polar surface area (TPSA) is 274 Å². The molecule has 25 nitrogen and oxygen atoms in total. The van der Waals surface area contributed by atoms with Gasteiger partial charge in [-0.2, -0.15) is 0 Å². The molecule has 6 aliphatic heterocycles. The van der Waals surface area contributed by atoms with Gasteiger partial charge in [-0.25, -0.2) is 28.0 Å². The van der Waals surface area contributed by atoms with Gasteiger partial charge < -0.3 is 69.0 Å². The fraction of sp³-hybridized carbons (Fsp3) is 0.529. The maximum atomic E-state index is 15.3. The molecule has 5 amide bonds. The van der Waals surface area contributed by atoms with E-state index in [0.29, 0.717) is 60.1 Å². The number of carbonyl (C=O) groups excluding carboxylic acids is 8. The summed E-state index contributed by atoms with van der Waals surface area (Å²) in [5, 5.41) is 18.7. The number of carboxylic acid groups (broad SMARTS) is 1. The number of nitrogens with zero attached hydrogens (tertiary/aromatic N) is 7. The number of amides is 5. The zero-order valence-corrected chi connectivity index (χ0v) is 56.1. The standard InChI is InChI=1S/C34H44FN5O7.C19H27FN4O4.C15H19NO4.Li/c1-34(2,3)47-32(43)36-21-27-23-40(33(44)46-27)26-8-9-29(28(35)20-26)38-12-14-39(15-13-38)31(42)11-10-30(41)25-6-4-24(5-7-25)22-37-16-18-45-19-17-37;1-19(2,3)28-17(25)22-11-14-12-24(18(26)27-14)13-4-5-16(15(20)10-13)23-8-6-21-7-9-23;17-14(5-6-15(18)19)13-3-1-12(2-4-13)11-16-7-9-20-10-8-16;/h4-9,20,27H,10-19,21-23H2,1-3H3,(H,36,43);4-5,10,14,21H,6-9,11-12H2,1-3H3,(H,22,25);1-4H,5-11H2,(H,18,19);/q;;;+1/p-1/t27-;14-;;/m00../s1. The van der Waals surface area contributed by atoms with Crippen LogP contribution in [0.3, 0.4) is 0 Å². The van der Waals surface area contributed by atoms with Crippen LogP contribution in [0.15, 0.2) is 84.9 Å². The second kappa shape index (κ2) is 35.9. The summed E-state index contributed by atoms with van der Waals surface area (Å²) in [6, 6.07) is 24.3. The van der Waals surface area contributed by atoms with E-state index in [1.807, 2.05) is 46.2 Å². The van der Waals surface area contributed by atoms with Gasteiger partial charge in [0.05, 0.1) is 75.4 Å². The molecule has 4 aromatic rings. The van der Waals surface area contributed by atoms with Crippen molar-refractivity contribution in [3.63, 3.8) is 0 Å². The summed E-state index contributed by atoms with van der Waals surface area (Å²) in [7, 11) is 0. The molecular formula is C68H89F2LiN10O15. The van der Waals surface area contributed by atoms with Crippen LogP contribution in [0.5, 0.6) is 0 Å². The Morgan fingerprint density at radius 2 is 0.938 bits per heavy atom. The van der Waals surface area contributed by atoms with Gasteiger partial charge in [-0.1, -0.05) is 48.5 Å². The van der Waals surface area contributed by atoms with Gasteiger partial charge in [0.25, 0.3) is 0 Å². The molecule has 6 aliphatic rings. The summed E-state index contributed by atoms with van der Waals surface area (Å²) in [4.78, 5) is 109. The molecule has 96 heavy (non-hydrogen) atoms. The van der Waals surface area contributed by atoms with E-state index < -0.39 is 59.6 Å². The van der Waals surface area contributed by atoms with Gasteiger partial charge >= 0.3 is 43.2 Å². The van der Waals surface area contributed by atoms with Crippen molar-refractivity contribution in [2.45, 2.75) is 104 Å². The fourth-order valence-corrected chi connectivity index (χ4v) is 11.2. The Balaban J connectivity index is 0.000000224. The minimum Gasteiger partial charge on any atom is -0.550 e. The summed E-state index contributed by atoms with van der Waals surface area (Å²) < 4.78 is 61.5. The van der Waals surface area contributed by atoms with E-state index in [9.17, 15) is 47.9 Å². The number of piperazine rings is 2. The Kier molecular flexibility index (Phi) is 28.2. The van der Waals surface area contributed by atoms with E-state index >= 15 is 4.39 Å². The zero-order valence-electron chi connectivity index (χ0n) is 56.1. The van der Waals surface area contributed by atoms with Crippen molar-refractivity contribution < 1.29 is 99.5 Å². The van der Waals surface area contributed by atoms with Crippen LogP contribution in [0, 0.1) is 11.6 Å². The SMILES string of the molecule is CC(C)(C)OC(=O)NC[C@H]1CN(c2ccc(N3CCN(C(=O)CCC(=O)c4ccc(CN5CCOCC5)cc4)CC3)c(F)c2)C(=O)O1.CC(C)(C)OC(=O)NC[C@H]1CN(c2ccc(N3CCNCC3)c(F)c2)C(=O)O1.O=C([O-])CCC(=O)c1ccc(CN2CCOCC2)cc1.[Li+]. The summed E-state index contributed by atoms with van der Waals surface area (Å²) >= 11 is 0. The van der Waals surface area contributed by atoms with Gasteiger partial charge in [0.15, 0.2) is 11.6 Å². The molecule has 3 N–H and O–H groups in total. The Hall–Kier alpha value is -7.90. The summed E-state index contributed by atoms with van der Waals surface area (Å²) in [5.74, 6) is -2.38. The first-order valence-corrected chi connectivity index (χ1v) is 32.3. The first-order chi connectivity index (χ1) is 45.3. The molecule has 6 heterocycles. The third-order valence-corrected chi connectivity index (χ3v) is 16.1. The number of nitrogens with one attached hydrogen (secondary N) is 3. The van der Waals surface area contributed by atoms with Crippen LogP contribution in [0.25, 0.3) is 0 Å². The largest absolute Gasteiger partial charge is 1.00 e. The molecule has 0 bridgehead atoms. The van der Waals surface area contributed by atoms with Gasteiger partial charge in [0.2, 0.25) is 5.91 Å². The van der Waals surface area contributed by atoms with Crippen LogP contribution >= 0.6 is 0 Å². The van der Waals surface area contributed by atoms with E-state index in [1.54, 1.807) is 82.8 Å². The molecule has 6 fully saturated rings. The number of ketones is 2. The number of carbonyl (C=O) groups is 8. The average Bonchev–Trinajstić information content (AvgIpc) is 1.53. The van der Waals surface area contributed by atoms with Crippen molar-refractivity contribution in [2.75, 3.05) is 151 Å². The predicted molar refractivity (Wildman–Crippen MR) is 348 cm³/mol. The van der Waals surface area contributed by atoms with Crippen molar-refractivity contribution in [1.29, 1.82) is 0 Å². The number of anilines is 4. The Morgan fingerprint density at radius 3 is 1.32 bits per heavy atom. The van der Waals surface area contributed by atoms with Crippen LogP contribution in [-0.2, 0) is 51.1 Å². The number of alkyl carbamates (subject to hydrolysis) is 2. The maximum Gasteiger partial charge on any atom is 1.00 e. The molecule has 10 rings (SSSR count). The zero-order chi connectivity index (χ0) is 68.2. The van der Waals surface area contributed by atoms with Crippen LogP contribution < -0.4 is 59.5 Å². The predicted octanol–water partition coefficient (Wildman–Crippen LogP) is 3.14. The molecule has 516 valence electrons. The number of hydrogen-bond donors (Lipinski definition) is 3. The first-order valence-electron chi connectivity index (χ1n) is 32.3. The van der Waals surface area contributed by atoms with Crippen LogP contribution in [0.2, 0.25) is 0 Å². The van der Waals surface area contributed by atoms with Gasteiger partial charge in [0, 0.05) is 128 Å². The molecule has 0 spiro atoms. The van der Waals surface area contributed by atoms with Gasteiger partial charge in [-0.15, -0.1) is 0 Å². The Labute approximate surface area is 571 Å². The van der Waals surface area contributed by atoms with Gasteiger partial charge in [0.1, 0.15) is 35.0 Å². The molecule has 6 saturated heterocycles. The smallest absolute Gasteiger partial charge is 0.550 e. The number of morpholine rings is 2. The van der Waals surface area contributed by atoms with E-state index in [2.05, 4.69) is 25.8 Å². The van der Waals surface area contributed by atoms with Gasteiger partial charge in [-0.3, -0.25) is 34.0 Å². The molecule has 0 aliphatic carbocycles. The van der Waals surface area contributed by atoms with Crippen molar-refractivity contribution in [2.24, 2.45) is 0 Å². The number of carboxylic acids is 1. The molecule has 2 atom stereocenters. The minimum atomic E-state index is -1.19. The second-order valence-corrected chi connectivity index (χ2v) is 25.8. The van der Waals surface area contributed by atoms with Crippen molar-refractivity contribution in [3.05, 3.63) is 119 Å². The molecule has 0 unspecified atom stereocenters. The molecule has 28 heteroatoms. The Morgan fingerprint density at radius 1 is 0.542 bits per heavy atom. The summed E-state index contributed by atoms with van der Waals surface area (Å²) in [6.45, 7) is 24.2.